The van der Waals surface area contributed by atoms with Crippen molar-refractivity contribution in [1.82, 2.24) is 19.9 Å². The standard InChI is InChI=1S/C27H25FN6O3/c1-4-25(35)31-21-11-20(23(36-3)12-24(21)37-18-14-34(2)15-18)32-27-30-13-22-26(33-27)19(8-9-29-22)16-6-5-7-17(28)10-16/h4-13,18H,1,14-15H2,2-3H3,(H,31,35)(H,30,32,33). The maximum atomic E-state index is 13.9. The Morgan fingerprint density at radius 3 is 2.73 bits per heavy atom. The van der Waals surface area contributed by atoms with Gasteiger partial charge in [0.25, 0.3) is 0 Å². The van der Waals surface area contributed by atoms with Crippen LogP contribution in [0, 0.1) is 5.82 Å². The number of halogens is 1. The van der Waals surface area contributed by atoms with E-state index in [1.807, 2.05) is 13.1 Å². The summed E-state index contributed by atoms with van der Waals surface area (Å²) in [5.41, 5.74) is 3.47. The topological polar surface area (TPSA) is 102 Å². The van der Waals surface area contributed by atoms with Crippen molar-refractivity contribution in [2.45, 2.75) is 6.10 Å². The Balaban J connectivity index is 1.52. The van der Waals surface area contributed by atoms with Crippen molar-refractivity contribution >= 4 is 34.3 Å². The number of likely N-dealkylation sites (N-methyl/N-ethyl adjacent to an activating group) is 1. The number of carbonyl (C=O) groups excluding carboxylic acids is 1. The second kappa shape index (κ2) is 10.2. The maximum Gasteiger partial charge on any atom is 0.247 e. The largest absolute Gasteiger partial charge is 0.494 e. The van der Waals surface area contributed by atoms with Crippen molar-refractivity contribution < 1.29 is 18.7 Å². The van der Waals surface area contributed by atoms with Crippen LogP contribution in [0.2, 0.25) is 0 Å². The van der Waals surface area contributed by atoms with Crippen molar-refractivity contribution in [2.24, 2.45) is 0 Å². The van der Waals surface area contributed by atoms with Crippen LogP contribution in [0.25, 0.3) is 22.2 Å². The van der Waals surface area contributed by atoms with E-state index < -0.39 is 0 Å². The van der Waals surface area contributed by atoms with Gasteiger partial charge in [-0.3, -0.25) is 14.7 Å². The lowest BCUT2D eigenvalue weighted by molar-refractivity contribution is -0.111. The molecule has 37 heavy (non-hydrogen) atoms. The van der Waals surface area contributed by atoms with E-state index in [9.17, 15) is 9.18 Å². The fourth-order valence-electron chi connectivity index (χ4n) is 4.11. The molecule has 4 aromatic rings. The zero-order valence-corrected chi connectivity index (χ0v) is 20.4. The smallest absolute Gasteiger partial charge is 0.247 e. The molecule has 5 rings (SSSR count). The molecule has 1 aliphatic heterocycles. The van der Waals surface area contributed by atoms with Gasteiger partial charge < -0.3 is 20.1 Å². The van der Waals surface area contributed by atoms with Crippen LogP contribution in [0.5, 0.6) is 11.5 Å². The molecule has 1 aliphatic rings. The summed E-state index contributed by atoms with van der Waals surface area (Å²) in [5, 5.41) is 5.95. The zero-order chi connectivity index (χ0) is 25.9. The van der Waals surface area contributed by atoms with Crippen molar-refractivity contribution in [3.8, 4) is 22.6 Å². The van der Waals surface area contributed by atoms with Gasteiger partial charge in [0.1, 0.15) is 34.5 Å². The molecular formula is C27H25FN6O3. The average molecular weight is 501 g/mol. The van der Waals surface area contributed by atoms with Gasteiger partial charge in [-0.05, 0) is 43.0 Å². The van der Waals surface area contributed by atoms with Crippen LogP contribution in [0.4, 0.5) is 21.7 Å². The number of carbonyl (C=O) groups is 1. The first kappa shape index (κ1) is 24.1. The van der Waals surface area contributed by atoms with E-state index in [1.54, 1.807) is 36.7 Å². The lowest BCUT2D eigenvalue weighted by Crippen LogP contribution is -2.51. The molecule has 9 nitrogen and oxygen atoms in total. The van der Waals surface area contributed by atoms with Crippen LogP contribution in [0.1, 0.15) is 0 Å². The molecule has 188 valence electrons. The van der Waals surface area contributed by atoms with Gasteiger partial charge in [-0.2, -0.15) is 0 Å². The van der Waals surface area contributed by atoms with Gasteiger partial charge >= 0.3 is 0 Å². The van der Waals surface area contributed by atoms with E-state index in [0.29, 0.717) is 39.5 Å². The Bertz CT molecular complexity index is 1490. The SMILES string of the molecule is C=CC(=O)Nc1cc(Nc2ncc3nccc(-c4cccc(F)c4)c3n2)c(OC)cc1OC1CN(C)C1. The summed E-state index contributed by atoms with van der Waals surface area (Å²) in [6.07, 6.45) is 4.41. The van der Waals surface area contributed by atoms with Gasteiger partial charge in [0, 0.05) is 30.9 Å². The lowest BCUT2D eigenvalue weighted by Gasteiger charge is -2.36. The van der Waals surface area contributed by atoms with E-state index in [-0.39, 0.29) is 23.8 Å². The number of amides is 1. The van der Waals surface area contributed by atoms with E-state index >= 15 is 0 Å². The minimum absolute atomic E-state index is 0.00506. The number of fused-ring (bicyclic) bond motifs is 1. The summed E-state index contributed by atoms with van der Waals surface area (Å²) >= 11 is 0. The molecule has 0 saturated carbocycles. The normalized spacial score (nSPS) is 13.6. The van der Waals surface area contributed by atoms with Crippen LogP contribution in [0.15, 0.2) is 67.5 Å². The van der Waals surface area contributed by atoms with Crippen LogP contribution in [-0.4, -0.2) is 59.1 Å². The maximum absolute atomic E-state index is 13.9. The number of pyridine rings is 1. The fourth-order valence-corrected chi connectivity index (χ4v) is 4.11. The molecule has 0 spiro atoms. The monoisotopic (exact) mass is 500 g/mol. The van der Waals surface area contributed by atoms with E-state index in [0.717, 1.165) is 18.7 Å². The number of nitrogens with zero attached hydrogens (tertiary/aromatic N) is 4. The quantitative estimate of drug-likeness (QED) is 0.343. The summed E-state index contributed by atoms with van der Waals surface area (Å²) in [7, 11) is 3.54. The average Bonchev–Trinajstić information content (AvgIpc) is 2.88. The molecule has 3 heterocycles. The fraction of sp³-hybridized carbons (Fsp3) is 0.185. The number of anilines is 3. The summed E-state index contributed by atoms with van der Waals surface area (Å²) in [4.78, 5) is 27.6. The number of benzene rings is 2. The highest BCUT2D eigenvalue weighted by atomic mass is 19.1. The predicted molar refractivity (Wildman–Crippen MR) is 140 cm³/mol. The highest BCUT2D eigenvalue weighted by Gasteiger charge is 2.27. The number of ether oxygens (including phenoxy) is 2. The van der Waals surface area contributed by atoms with E-state index in [2.05, 4.69) is 37.1 Å². The van der Waals surface area contributed by atoms with Crippen LogP contribution in [-0.2, 0) is 4.79 Å². The number of methoxy groups -OCH3 is 1. The predicted octanol–water partition coefficient (Wildman–Crippen LogP) is 4.40. The molecule has 10 heteroatoms. The molecule has 2 aromatic carbocycles. The molecule has 0 unspecified atom stereocenters. The Morgan fingerprint density at radius 1 is 1.16 bits per heavy atom. The van der Waals surface area contributed by atoms with E-state index in [4.69, 9.17) is 9.47 Å². The Labute approximate surface area is 213 Å². The Morgan fingerprint density at radius 2 is 2.00 bits per heavy atom. The van der Waals surface area contributed by atoms with Gasteiger partial charge in [0.2, 0.25) is 11.9 Å². The molecule has 1 amide bonds. The zero-order valence-electron chi connectivity index (χ0n) is 20.4. The third-order valence-electron chi connectivity index (χ3n) is 5.93. The molecule has 0 bridgehead atoms. The number of aromatic nitrogens is 3. The van der Waals surface area contributed by atoms with Crippen molar-refractivity contribution in [1.29, 1.82) is 0 Å². The molecule has 2 aromatic heterocycles. The van der Waals surface area contributed by atoms with E-state index in [1.165, 1.54) is 25.3 Å². The van der Waals surface area contributed by atoms with Crippen molar-refractivity contribution in [2.75, 3.05) is 37.9 Å². The third kappa shape index (κ3) is 5.19. The number of hydrogen-bond donors (Lipinski definition) is 2. The molecule has 0 atom stereocenters. The Hall–Kier alpha value is -4.57. The third-order valence-corrected chi connectivity index (χ3v) is 5.93. The highest BCUT2D eigenvalue weighted by Crippen LogP contribution is 2.39. The molecule has 2 N–H and O–H groups in total. The van der Waals surface area contributed by atoms with Crippen LogP contribution < -0.4 is 20.1 Å². The second-order valence-electron chi connectivity index (χ2n) is 8.62. The van der Waals surface area contributed by atoms with Crippen molar-refractivity contribution in [3.63, 3.8) is 0 Å². The Kier molecular flexibility index (Phi) is 6.65. The van der Waals surface area contributed by atoms with Gasteiger partial charge in [0.15, 0.2) is 0 Å². The lowest BCUT2D eigenvalue weighted by atomic mass is 10.1. The molecular weight excluding hydrogens is 475 g/mol. The summed E-state index contributed by atoms with van der Waals surface area (Å²) < 4.78 is 25.6. The first-order valence-corrected chi connectivity index (χ1v) is 11.6. The number of nitrogens with one attached hydrogen (secondary N) is 2. The van der Waals surface area contributed by atoms with Gasteiger partial charge in [0.05, 0.1) is 24.7 Å². The first-order chi connectivity index (χ1) is 17.9. The van der Waals surface area contributed by atoms with Crippen molar-refractivity contribution in [3.05, 3.63) is 73.3 Å². The van der Waals surface area contributed by atoms with Crippen LogP contribution >= 0.6 is 0 Å². The number of likely N-dealkylation sites (tertiary alicyclic amines) is 1. The minimum atomic E-state index is -0.376. The van der Waals surface area contributed by atoms with Gasteiger partial charge in [-0.1, -0.05) is 18.7 Å². The summed E-state index contributed by atoms with van der Waals surface area (Å²) in [6.45, 7) is 5.09. The molecule has 0 aliphatic carbocycles. The second-order valence-corrected chi connectivity index (χ2v) is 8.62. The molecule has 1 fully saturated rings. The summed E-state index contributed by atoms with van der Waals surface area (Å²) in [6, 6.07) is 11.5. The summed E-state index contributed by atoms with van der Waals surface area (Å²) in [5.74, 6) is 0.503. The highest BCUT2D eigenvalue weighted by molar-refractivity contribution is 6.00. The molecule has 0 radical (unpaired) electrons. The number of hydrogen-bond acceptors (Lipinski definition) is 8. The van der Waals surface area contributed by atoms with Gasteiger partial charge in [-0.15, -0.1) is 0 Å². The number of rotatable bonds is 8. The first-order valence-electron chi connectivity index (χ1n) is 11.6. The van der Waals surface area contributed by atoms with Gasteiger partial charge in [-0.25, -0.2) is 14.4 Å². The minimum Gasteiger partial charge on any atom is -0.494 e. The van der Waals surface area contributed by atoms with Crippen LogP contribution in [0.3, 0.4) is 0 Å². The molecule has 1 saturated heterocycles.